The van der Waals surface area contributed by atoms with Crippen molar-refractivity contribution in [2.75, 3.05) is 26.3 Å². The van der Waals surface area contributed by atoms with Crippen molar-refractivity contribution < 1.29 is 4.74 Å². The summed E-state index contributed by atoms with van der Waals surface area (Å²) >= 11 is 0. The van der Waals surface area contributed by atoms with Crippen LogP contribution in [0.15, 0.2) is 36.7 Å². The standard InChI is InChI=1S/C14H17N3O/c1-2-4-14-12(3-1)9-15-10-13(14)11-16-17-5-7-18-8-6-17/h1-4,9-10,16H,5-8,11H2. The van der Waals surface area contributed by atoms with E-state index in [-0.39, 0.29) is 0 Å². The molecule has 0 saturated carbocycles. The molecule has 1 aromatic carbocycles. The average molecular weight is 243 g/mol. The molecule has 0 unspecified atom stereocenters. The number of benzene rings is 1. The minimum atomic E-state index is 0.806. The van der Waals surface area contributed by atoms with Crippen LogP contribution in [0, 0.1) is 0 Å². The van der Waals surface area contributed by atoms with Crippen molar-refractivity contribution in [3.8, 4) is 0 Å². The Morgan fingerprint density at radius 2 is 2.00 bits per heavy atom. The predicted molar refractivity (Wildman–Crippen MR) is 71.0 cm³/mol. The van der Waals surface area contributed by atoms with E-state index in [9.17, 15) is 0 Å². The van der Waals surface area contributed by atoms with E-state index in [2.05, 4.69) is 33.6 Å². The molecule has 1 aromatic heterocycles. The lowest BCUT2D eigenvalue weighted by atomic mass is 10.1. The van der Waals surface area contributed by atoms with E-state index >= 15 is 0 Å². The number of aromatic nitrogens is 1. The Morgan fingerprint density at radius 1 is 1.17 bits per heavy atom. The number of hydrazine groups is 1. The SMILES string of the molecule is c1ccc2c(CNN3CCOCC3)cncc2c1. The molecular weight excluding hydrogens is 226 g/mol. The minimum Gasteiger partial charge on any atom is -0.379 e. The Bertz CT molecular complexity index is 518. The number of hydrogen-bond acceptors (Lipinski definition) is 4. The summed E-state index contributed by atoms with van der Waals surface area (Å²) in [4.78, 5) is 4.29. The van der Waals surface area contributed by atoms with E-state index in [0.29, 0.717) is 0 Å². The maximum absolute atomic E-state index is 5.33. The molecule has 1 N–H and O–H groups in total. The summed E-state index contributed by atoms with van der Waals surface area (Å²) in [6.07, 6.45) is 3.85. The number of pyridine rings is 1. The van der Waals surface area contributed by atoms with Gasteiger partial charge in [-0.3, -0.25) is 10.4 Å². The first kappa shape index (κ1) is 11.6. The zero-order chi connectivity index (χ0) is 12.2. The van der Waals surface area contributed by atoms with Crippen LogP contribution in [0.3, 0.4) is 0 Å². The second kappa shape index (κ2) is 5.44. The minimum absolute atomic E-state index is 0.806. The third-order valence-electron chi connectivity index (χ3n) is 3.25. The maximum atomic E-state index is 5.33. The summed E-state index contributed by atoms with van der Waals surface area (Å²) in [6.45, 7) is 4.31. The molecule has 3 rings (SSSR count). The number of rotatable bonds is 3. The van der Waals surface area contributed by atoms with E-state index in [1.54, 1.807) is 0 Å². The van der Waals surface area contributed by atoms with Crippen molar-refractivity contribution in [3.63, 3.8) is 0 Å². The Kier molecular flexibility index (Phi) is 3.50. The summed E-state index contributed by atoms with van der Waals surface area (Å²) in [7, 11) is 0. The van der Waals surface area contributed by atoms with Gasteiger partial charge in [0.25, 0.3) is 0 Å². The highest BCUT2D eigenvalue weighted by atomic mass is 16.5. The van der Waals surface area contributed by atoms with Gasteiger partial charge in [-0.25, -0.2) is 5.01 Å². The predicted octanol–water partition coefficient (Wildman–Crippen LogP) is 1.57. The largest absolute Gasteiger partial charge is 0.379 e. The molecule has 0 aliphatic carbocycles. The van der Waals surface area contributed by atoms with E-state index < -0.39 is 0 Å². The van der Waals surface area contributed by atoms with Gasteiger partial charge in [0.1, 0.15) is 0 Å². The van der Waals surface area contributed by atoms with Gasteiger partial charge in [-0.05, 0) is 10.9 Å². The molecule has 0 spiro atoms. The van der Waals surface area contributed by atoms with Crippen LogP contribution in [0.1, 0.15) is 5.56 Å². The third-order valence-corrected chi connectivity index (χ3v) is 3.25. The van der Waals surface area contributed by atoms with Crippen LogP contribution in [-0.2, 0) is 11.3 Å². The molecule has 2 aromatic rings. The summed E-state index contributed by atoms with van der Waals surface area (Å²) in [5.74, 6) is 0. The second-order valence-corrected chi connectivity index (χ2v) is 4.45. The van der Waals surface area contributed by atoms with E-state index in [1.807, 2.05) is 18.5 Å². The third kappa shape index (κ3) is 2.51. The molecule has 1 fully saturated rings. The van der Waals surface area contributed by atoms with Crippen LogP contribution in [0.2, 0.25) is 0 Å². The zero-order valence-electron chi connectivity index (χ0n) is 10.3. The molecule has 0 atom stereocenters. The highest BCUT2D eigenvalue weighted by Gasteiger charge is 2.10. The first-order valence-corrected chi connectivity index (χ1v) is 6.31. The fourth-order valence-electron chi connectivity index (χ4n) is 2.24. The first-order valence-electron chi connectivity index (χ1n) is 6.31. The number of nitrogens with one attached hydrogen (secondary N) is 1. The van der Waals surface area contributed by atoms with Gasteiger partial charge in [-0.1, -0.05) is 24.3 Å². The van der Waals surface area contributed by atoms with Crippen LogP contribution < -0.4 is 5.43 Å². The topological polar surface area (TPSA) is 37.4 Å². The molecule has 4 nitrogen and oxygen atoms in total. The second-order valence-electron chi connectivity index (χ2n) is 4.45. The van der Waals surface area contributed by atoms with Gasteiger partial charge in [0, 0.05) is 37.4 Å². The molecule has 18 heavy (non-hydrogen) atoms. The Balaban J connectivity index is 1.74. The molecule has 1 aliphatic rings. The normalized spacial score (nSPS) is 17.1. The maximum Gasteiger partial charge on any atom is 0.0608 e. The number of ether oxygens (including phenoxy) is 1. The summed E-state index contributed by atoms with van der Waals surface area (Å²) in [5, 5.41) is 4.68. The molecule has 1 aliphatic heterocycles. The van der Waals surface area contributed by atoms with Crippen molar-refractivity contribution in [1.29, 1.82) is 0 Å². The summed E-state index contributed by atoms with van der Waals surface area (Å²) < 4.78 is 5.33. The molecule has 0 amide bonds. The van der Waals surface area contributed by atoms with Gasteiger partial charge >= 0.3 is 0 Å². The van der Waals surface area contributed by atoms with E-state index in [4.69, 9.17) is 4.74 Å². The average Bonchev–Trinajstić information content (AvgIpc) is 2.46. The number of hydrogen-bond donors (Lipinski definition) is 1. The molecular formula is C14H17N3O. The van der Waals surface area contributed by atoms with Crippen LogP contribution in [0.4, 0.5) is 0 Å². The van der Waals surface area contributed by atoms with Crippen molar-refractivity contribution in [2.45, 2.75) is 6.54 Å². The van der Waals surface area contributed by atoms with Gasteiger partial charge in [-0.15, -0.1) is 0 Å². The molecule has 1 saturated heterocycles. The number of morpholine rings is 1. The van der Waals surface area contributed by atoms with E-state index in [0.717, 1.165) is 32.8 Å². The highest BCUT2D eigenvalue weighted by molar-refractivity contribution is 5.84. The van der Waals surface area contributed by atoms with Crippen molar-refractivity contribution in [1.82, 2.24) is 15.4 Å². The first-order chi connectivity index (χ1) is 8.93. The lowest BCUT2D eigenvalue weighted by Gasteiger charge is -2.27. The molecule has 0 radical (unpaired) electrons. The van der Waals surface area contributed by atoms with Crippen LogP contribution in [0.5, 0.6) is 0 Å². The van der Waals surface area contributed by atoms with Gasteiger partial charge in [0.15, 0.2) is 0 Å². The fourth-order valence-corrected chi connectivity index (χ4v) is 2.24. The van der Waals surface area contributed by atoms with Gasteiger partial charge < -0.3 is 4.74 Å². The summed E-state index contributed by atoms with van der Waals surface area (Å²) in [6, 6.07) is 8.36. The fraction of sp³-hybridized carbons (Fsp3) is 0.357. The van der Waals surface area contributed by atoms with E-state index in [1.165, 1.54) is 16.3 Å². The van der Waals surface area contributed by atoms with Gasteiger partial charge in [-0.2, -0.15) is 0 Å². The van der Waals surface area contributed by atoms with Crippen LogP contribution in [-0.4, -0.2) is 36.3 Å². The Hall–Kier alpha value is -1.49. The van der Waals surface area contributed by atoms with Crippen molar-refractivity contribution >= 4 is 10.8 Å². The quantitative estimate of drug-likeness (QED) is 0.888. The van der Waals surface area contributed by atoms with Crippen LogP contribution >= 0.6 is 0 Å². The van der Waals surface area contributed by atoms with Crippen molar-refractivity contribution in [3.05, 3.63) is 42.2 Å². The monoisotopic (exact) mass is 243 g/mol. The Labute approximate surface area is 107 Å². The molecule has 94 valence electrons. The van der Waals surface area contributed by atoms with Gasteiger partial charge in [0.2, 0.25) is 0 Å². The summed E-state index contributed by atoms with van der Waals surface area (Å²) in [5.41, 5.74) is 4.68. The zero-order valence-corrected chi connectivity index (χ0v) is 10.3. The molecule has 4 heteroatoms. The van der Waals surface area contributed by atoms with Gasteiger partial charge in [0.05, 0.1) is 13.2 Å². The van der Waals surface area contributed by atoms with Crippen LogP contribution in [0.25, 0.3) is 10.8 Å². The molecule has 0 bridgehead atoms. The smallest absolute Gasteiger partial charge is 0.0608 e. The number of fused-ring (bicyclic) bond motifs is 1. The van der Waals surface area contributed by atoms with Crippen molar-refractivity contribution in [2.24, 2.45) is 0 Å². The highest BCUT2D eigenvalue weighted by Crippen LogP contribution is 2.16. The lowest BCUT2D eigenvalue weighted by molar-refractivity contribution is 0.0106. The number of nitrogens with zero attached hydrogens (tertiary/aromatic N) is 2. The molecule has 2 heterocycles. The Morgan fingerprint density at radius 3 is 2.89 bits per heavy atom. The lowest BCUT2D eigenvalue weighted by Crippen LogP contribution is -2.45.